The summed E-state index contributed by atoms with van der Waals surface area (Å²) >= 11 is 0. The van der Waals surface area contributed by atoms with Gasteiger partial charge in [0.25, 0.3) is 5.91 Å². The van der Waals surface area contributed by atoms with E-state index in [0.29, 0.717) is 42.1 Å². The standard InChI is InChI=1S/C20H20N2O5/c1-12-3-6-17(27-12)18-11-22(7-8-26-18)20(24)15-10-21-16-9-13(25-2)4-5-14(16)19(15)23/h3-6,9-10,18H,7-8,11H2,1-2H3,(H,21,23). The van der Waals surface area contributed by atoms with Crippen LogP contribution >= 0.6 is 0 Å². The molecule has 7 nitrogen and oxygen atoms in total. The number of carbonyl (C=O) groups is 1. The number of aromatic nitrogens is 1. The Morgan fingerprint density at radius 3 is 2.89 bits per heavy atom. The Morgan fingerprint density at radius 1 is 1.30 bits per heavy atom. The molecule has 1 aliphatic rings. The molecule has 3 heterocycles. The lowest BCUT2D eigenvalue weighted by Crippen LogP contribution is -2.43. The van der Waals surface area contributed by atoms with Crippen molar-refractivity contribution in [3.8, 4) is 5.75 Å². The Kier molecular flexibility index (Phi) is 4.45. The first-order valence-electron chi connectivity index (χ1n) is 8.73. The van der Waals surface area contributed by atoms with Gasteiger partial charge in [0.2, 0.25) is 5.43 Å². The third-order valence-corrected chi connectivity index (χ3v) is 4.75. The number of methoxy groups -OCH3 is 1. The van der Waals surface area contributed by atoms with Gasteiger partial charge in [-0.05, 0) is 31.2 Å². The normalized spacial score (nSPS) is 17.3. The molecule has 0 bridgehead atoms. The molecule has 1 aliphatic heterocycles. The molecule has 7 heteroatoms. The first-order chi connectivity index (χ1) is 13.1. The van der Waals surface area contributed by atoms with Gasteiger partial charge in [0.05, 0.1) is 25.8 Å². The highest BCUT2D eigenvalue weighted by molar-refractivity contribution is 5.97. The maximum atomic E-state index is 13.0. The molecule has 0 saturated carbocycles. The summed E-state index contributed by atoms with van der Waals surface area (Å²) in [5.74, 6) is 1.80. The minimum absolute atomic E-state index is 0.115. The van der Waals surface area contributed by atoms with Crippen LogP contribution in [0.3, 0.4) is 0 Å². The van der Waals surface area contributed by atoms with Crippen LogP contribution in [0.15, 0.2) is 45.7 Å². The van der Waals surface area contributed by atoms with E-state index >= 15 is 0 Å². The molecule has 140 valence electrons. The molecule has 2 aromatic heterocycles. The monoisotopic (exact) mass is 368 g/mol. The number of benzene rings is 1. The van der Waals surface area contributed by atoms with E-state index in [4.69, 9.17) is 13.9 Å². The number of nitrogens with zero attached hydrogens (tertiary/aromatic N) is 1. The van der Waals surface area contributed by atoms with Crippen LogP contribution in [0.25, 0.3) is 10.9 Å². The zero-order valence-corrected chi connectivity index (χ0v) is 15.2. The van der Waals surface area contributed by atoms with Crippen LogP contribution in [-0.4, -0.2) is 42.6 Å². The number of rotatable bonds is 3. The van der Waals surface area contributed by atoms with E-state index in [9.17, 15) is 9.59 Å². The molecular formula is C20H20N2O5. The lowest BCUT2D eigenvalue weighted by atomic mass is 10.1. The number of pyridine rings is 1. The lowest BCUT2D eigenvalue weighted by Gasteiger charge is -2.32. The van der Waals surface area contributed by atoms with Crippen LogP contribution < -0.4 is 10.2 Å². The fourth-order valence-electron chi connectivity index (χ4n) is 3.29. The van der Waals surface area contributed by atoms with Crippen LogP contribution in [-0.2, 0) is 4.74 Å². The van der Waals surface area contributed by atoms with Crippen molar-refractivity contribution < 1.29 is 18.7 Å². The minimum Gasteiger partial charge on any atom is -0.497 e. The molecule has 1 N–H and O–H groups in total. The molecule has 1 saturated heterocycles. The maximum absolute atomic E-state index is 13.0. The Hall–Kier alpha value is -3.06. The van der Waals surface area contributed by atoms with E-state index in [1.54, 1.807) is 30.2 Å². The molecule has 3 aromatic rings. The van der Waals surface area contributed by atoms with E-state index in [1.807, 2.05) is 19.1 Å². The summed E-state index contributed by atoms with van der Waals surface area (Å²) in [5.41, 5.74) is 0.444. The van der Waals surface area contributed by atoms with Crippen molar-refractivity contribution >= 4 is 16.8 Å². The van der Waals surface area contributed by atoms with Crippen molar-refractivity contribution in [3.63, 3.8) is 0 Å². The number of hydrogen-bond acceptors (Lipinski definition) is 5. The number of aromatic amines is 1. The van der Waals surface area contributed by atoms with Crippen molar-refractivity contribution in [2.75, 3.05) is 26.8 Å². The molecule has 1 atom stereocenters. The number of nitrogens with one attached hydrogen (secondary N) is 1. The molecule has 1 fully saturated rings. The summed E-state index contributed by atoms with van der Waals surface area (Å²) in [6, 6.07) is 8.81. The van der Waals surface area contributed by atoms with Crippen LogP contribution in [0.1, 0.15) is 28.0 Å². The van der Waals surface area contributed by atoms with Gasteiger partial charge in [-0.1, -0.05) is 0 Å². The second-order valence-corrected chi connectivity index (χ2v) is 6.50. The summed E-state index contributed by atoms with van der Waals surface area (Å²) < 4.78 is 16.5. The first kappa shape index (κ1) is 17.4. The number of amides is 1. The minimum atomic E-state index is -0.333. The smallest absolute Gasteiger partial charge is 0.259 e. The predicted molar refractivity (Wildman–Crippen MR) is 99.2 cm³/mol. The highest BCUT2D eigenvalue weighted by Crippen LogP contribution is 2.25. The zero-order valence-electron chi connectivity index (χ0n) is 15.2. The molecule has 1 unspecified atom stereocenters. The molecule has 4 rings (SSSR count). The average Bonchev–Trinajstić information content (AvgIpc) is 3.14. The molecule has 0 radical (unpaired) electrons. The predicted octanol–water partition coefficient (Wildman–Crippen LogP) is 2.65. The Morgan fingerprint density at radius 2 is 2.15 bits per heavy atom. The largest absolute Gasteiger partial charge is 0.497 e. The summed E-state index contributed by atoms with van der Waals surface area (Å²) in [6.45, 7) is 3.01. The van der Waals surface area contributed by atoms with E-state index < -0.39 is 0 Å². The molecule has 1 amide bonds. The molecule has 0 spiro atoms. The second kappa shape index (κ2) is 6.92. The topological polar surface area (TPSA) is 84.8 Å². The molecule has 1 aromatic carbocycles. The fourth-order valence-corrected chi connectivity index (χ4v) is 3.29. The third-order valence-electron chi connectivity index (χ3n) is 4.75. The third kappa shape index (κ3) is 3.21. The Bertz CT molecular complexity index is 1050. The van der Waals surface area contributed by atoms with Gasteiger partial charge in [0, 0.05) is 24.2 Å². The van der Waals surface area contributed by atoms with Gasteiger partial charge < -0.3 is 23.8 Å². The van der Waals surface area contributed by atoms with Gasteiger partial charge in [-0.15, -0.1) is 0 Å². The van der Waals surface area contributed by atoms with Crippen molar-refractivity contribution in [2.45, 2.75) is 13.0 Å². The van der Waals surface area contributed by atoms with Crippen molar-refractivity contribution in [1.29, 1.82) is 0 Å². The van der Waals surface area contributed by atoms with Crippen molar-refractivity contribution in [3.05, 3.63) is 63.8 Å². The molecular weight excluding hydrogens is 348 g/mol. The summed E-state index contributed by atoms with van der Waals surface area (Å²) in [7, 11) is 1.56. The van der Waals surface area contributed by atoms with Gasteiger partial charge >= 0.3 is 0 Å². The number of fused-ring (bicyclic) bond motifs is 1. The Balaban J connectivity index is 1.62. The van der Waals surface area contributed by atoms with E-state index in [-0.39, 0.29) is 23.0 Å². The molecule has 0 aliphatic carbocycles. The van der Waals surface area contributed by atoms with Gasteiger partial charge in [-0.25, -0.2) is 0 Å². The SMILES string of the molecule is COc1ccc2c(=O)c(C(=O)N3CCOC(c4ccc(C)o4)C3)c[nH]c2c1. The number of furan rings is 1. The Labute approximate surface area is 155 Å². The van der Waals surface area contributed by atoms with Crippen molar-refractivity contribution in [2.24, 2.45) is 0 Å². The van der Waals surface area contributed by atoms with Crippen LogP contribution in [0.4, 0.5) is 0 Å². The number of hydrogen-bond donors (Lipinski definition) is 1. The van der Waals surface area contributed by atoms with Gasteiger partial charge in [0.1, 0.15) is 28.9 Å². The number of carbonyl (C=O) groups excluding carboxylic acids is 1. The highest BCUT2D eigenvalue weighted by Gasteiger charge is 2.29. The highest BCUT2D eigenvalue weighted by atomic mass is 16.5. The van der Waals surface area contributed by atoms with Crippen LogP contribution in [0, 0.1) is 6.92 Å². The van der Waals surface area contributed by atoms with Crippen molar-refractivity contribution in [1.82, 2.24) is 9.88 Å². The summed E-state index contributed by atoms with van der Waals surface area (Å²) in [4.78, 5) is 30.4. The average molecular weight is 368 g/mol. The zero-order chi connectivity index (χ0) is 19.0. The fraction of sp³-hybridized carbons (Fsp3) is 0.300. The number of morpholine rings is 1. The first-order valence-corrected chi connectivity index (χ1v) is 8.73. The van der Waals surface area contributed by atoms with Gasteiger partial charge in [0.15, 0.2) is 0 Å². The number of H-pyrrole nitrogens is 1. The second-order valence-electron chi connectivity index (χ2n) is 6.50. The number of ether oxygens (including phenoxy) is 2. The van der Waals surface area contributed by atoms with E-state index in [0.717, 1.165) is 5.76 Å². The summed E-state index contributed by atoms with van der Waals surface area (Å²) in [6.07, 6.45) is 1.13. The quantitative estimate of drug-likeness (QED) is 0.768. The number of aryl methyl sites for hydroxylation is 1. The van der Waals surface area contributed by atoms with Gasteiger partial charge in [-0.2, -0.15) is 0 Å². The lowest BCUT2D eigenvalue weighted by molar-refractivity contribution is -0.0324. The van der Waals surface area contributed by atoms with Crippen LogP contribution in [0.5, 0.6) is 5.75 Å². The molecule has 27 heavy (non-hydrogen) atoms. The maximum Gasteiger partial charge on any atom is 0.259 e. The van der Waals surface area contributed by atoms with Gasteiger partial charge in [-0.3, -0.25) is 9.59 Å². The van der Waals surface area contributed by atoms with Crippen LogP contribution in [0.2, 0.25) is 0 Å². The van der Waals surface area contributed by atoms with E-state index in [1.165, 1.54) is 6.20 Å². The van der Waals surface area contributed by atoms with E-state index in [2.05, 4.69) is 4.98 Å². The summed E-state index contributed by atoms with van der Waals surface area (Å²) in [5, 5.41) is 0.452.